The molecule has 0 unspecified atom stereocenters. The summed E-state index contributed by atoms with van der Waals surface area (Å²) in [6.45, 7) is 3.17. The van der Waals surface area contributed by atoms with E-state index in [-0.39, 0.29) is 11.3 Å². The highest BCUT2D eigenvalue weighted by Gasteiger charge is 2.19. The molecular weight excluding hydrogens is 306 g/mol. The van der Waals surface area contributed by atoms with E-state index in [4.69, 9.17) is 5.11 Å². The van der Waals surface area contributed by atoms with Crippen LogP contribution in [0.3, 0.4) is 0 Å². The lowest BCUT2D eigenvalue weighted by Crippen LogP contribution is -2.34. The minimum absolute atomic E-state index is 0.0319. The number of unbranched alkanes of at least 4 members (excludes halogenated alkanes) is 4. The fourth-order valence-electron chi connectivity index (χ4n) is 1.60. The first kappa shape index (κ1) is 17.4. The maximum atomic E-state index is 11.7. The number of aliphatic hydroxyl groups is 1. The summed E-state index contributed by atoms with van der Waals surface area (Å²) in [5.41, 5.74) is 0. The van der Waals surface area contributed by atoms with Crippen LogP contribution in [0.15, 0.2) is 0 Å². The van der Waals surface area contributed by atoms with E-state index in [0.29, 0.717) is 19.5 Å². The molecule has 104 valence electrons. The quantitative estimate of drug-likeness (QED) is 0.467. The number of hydrogen-bond acceptors (Lipinski definition) is 3. The Morgan fingerprint density at radius 2 is 1.65 bits per heavy atom. The highest BCUT2D eigenvalue weighted by atomic mass is 79.9. The summed E-state index contributed by atoms with van der Waals surface area (Å²) in [5, 5.41) is 8.76. The molecule has 0 fully saturated rings. The number of nitrogens with zero attached hydrogens (tertiary/aromatic N) is 1. The fraction of sp³-hybridized carbons (Fsp3) is 1.00. The molecule has 0 atom stereocenters. The predicted octanol–water partition coefficient (Wildman–Crippen LogP) is 2.32. The molecule has 0 aromatic rings. The molecule has 0 aromatic carbocycles. The third kappa shape index (κ3) is 8.13. The van der Waals surface area contributed by atoms with E-state index in [9.17, 15) is 8.42 Å². The highest BCUT2D eigenvalue weighted by Crippen LogP contribution is 2.10. The molecular formula is C11H24BrNO3S. The average molecular weight is 330 g/mol. The molecule has 0 heterocycles. The predicted molar refractivity (Wildman–Crippen MR) is 74.7 cm³/mol. The minimum Gasteiger partial charge on any atom is -0.396 e. The van der Waals surface area contributed by atoms with Crippen molar-refractivity contribution < 1.29 is 13.5 Å². The normalized spacial score (nSPS) is 12.2. The van der Waals surface area contributed by atoms with E-state index in [1.807, 2.05) is 0 Å². The first-order valence-corrected chi connectivity index (χ1v) is 8.96. The van der Waals surface area contributed by atoms with Crippen molar-refractivity contribution in [2.75, 3.05) is 24.4 Å². The SMILES string of the molecule is CCCCCCCN(CCCO)S(=O)(=O)CBr. The van der Waals surface area contributed by atoms with Crippen molar-refractivity contribution in [1.29, 1.82) is 0 Å². The van der Waals surface area contributed by atoms with Crippen LogP contribution in [-0.4, -0.2) is 42.2 Å². The van der Waals surface area contributed by atoms with E-state index in [2.05, 4.69) is 22.9 Å². The van der Waals surface area contributed by atoms with Crippen LogP contribution in [0.25, 0.3) is 0 Å². The fourth-order valence-corrected chi connectivity index (χ4v) is 3.42. The van der Waals surface area contributed by atoms with Gasteiger partial charge in [-0.15, -0.1) is 0 Å². The van der Waals surface area contributed by atoms with E-state index in [1.54, 1.807) is 0 Å². The van der Waals surface area contributed by atoms with Crippen molar-refractivity contribution in [3.8, 4) is 0 Å². The van der Waals surface area contributed by atoms with Gasteiger partial charge >= 0.3 is 0 Å². The summed E-state index contributed by atoms with van der Waals surface area (Å²) in [7, 11) is -3.19. The average Bonchev–Trinajstić information content (AvgIpc) is 2.32. The largest absolute Gasteiger partial charge is 0.396 e. The third-order valence-electron chi connectivity index (χ3n) is 2.61. The van der Waals surface area contributed by atoms with Gasteiger partial charge in [-0.05, 0) is 12.8 Å². The van der Waals surface area contributed by atoms with Crippen molar-refractivity contribution in [2.45, 2.75) is 45.4 Å². The summed E-state index contributed by atoms with van der Waals surface area (Å²) in [6, 6.07) is 0. The van der Waals surface area contributed by atoms with Gasteiger partial charge in [-0.2, -0.15) is 0 Å². The number of hydrogen-bond donors (Lipinski definition) is 1. The van der Waals surface area contributed by atoms with Crippen LogP contribution in [0.2, 0.25) is 0 Å². The molecule has 0 bridgehead atoms. The lowest BCUT2D eigenvalue weighted by molar-refractivity contribution is 0.268. The molecule has 0 spiro atoms. The Morgan fingerprint density at radius 3 is 2.18 bits per heavy atom. The van der Waals surface area contributed by atoms with Crippen LogP contribution < -0.4 is 0 Å². The second-order valence-corrected chi connectivity index (χ2v) is 7.38. The van der Waals surface area contributed by atoms with E-state index in [0.717, 1.165) is 12.8 Å². The maximum absolute atomic E-state index is 11.7. The van der Waals surface area contributed by atoms with Gasteiger partial charge in [0.2, 0.25) is 10.0 Å². The van der Waals surface area contributed by atoms with Gasteiger partial charge in [0.15, 0.2) is 0 Å². The zero-order valence-corrected chi connectivity index (χ0v) is 13.0. The summed E-state index contributed by atoms with van der Waals surface area (Å²) < 4.78 is 24.9. The van der Waals surface area contributed by atoms with E-state index in [1.165, 1.54) is 23.6 Å². The van der Waals surface area contributed by atoms with Crippen LogP contribution in [0.4, 0.5) is 0 Å². The molecule has 0 saturated heterocycles. The van der Waals surface area contributed by atoms with Gasteiger partial charge in [-0.3, -0.25) is 0 Å². The Kier molecular flexibility index (Phi) is 10.5. The van der Waals surface area contributed by atoms with Crippen LogP contribution in [0.5, 0.6) is 0 Å². The third-order valence-corrected chi connectivity index (χ3v) is 5.77. The first-order valence-electron chi connectivity index (χ1n) is 6.23. The number of halogens is 1. The number of rotatable bonds is 11. The standard InChI is InChI=1S/C11H24BrNO3S/c1-2-3-4-5-6-8-13(9-7-10-14)17(15,16)11-12/h14H,2-11H2,1H3. The van der Waals surface area contributed by atoms with Crippen molar-refractivity contribution in [1.82, 2.24) is 4.31 Å². The second kappa shape index (κ2) is 10.3. The van der Waals surface area contributed by atoms with E-state index < -0.39 is 10.0 Å². The summed E-state index contributed by atoms with van der Waals surface area (Å²) in [4.78, 5) is 0. The topological polar surface area (TPSA) is 57.6 Å². The van der Waals surface area contributed by atoms with Gasteiger partial charge in [0.25, 0.3) is 0 Å². The molecule has 0 aliphatic heterocycles. The molecule has 0 radical (unpaired) electrons. The van der Waals surface area contributed by atoms with E-state index >= 15 is 0 Å². The highest BCUT2D eigenvalue weighted by molar-refractivity contribution is 9.10. The minimum atomic E-state index is -3.19. The van der Waals surface area contributed by atoms with Crippen molar-refractivity contribution in [2.24, 2.45) is 0 Å². The van der Waals surface area contributed by atoms with Crippen molar-refractivity contribution >= 4 is 26.0 Å². The monoisotopic (exact) mass is 329 g/mol. The molecule has 0 saturated carbocycles. The Labute approximate surface area is 114 Å². The Balaban J connectivity index is 4.03. The van der Waals surface area contributed by atoms with Crippen molar-refractivity contribution in [3.63, 3.8) is 0 Å². The summed E-state index contributed by atoms with van der Waals surface area (Å²) in [6.07, 6.45) is 6.04. The van der Waals surface area contributed by atoms with Crippen LogP contribution in [0, 0.1) is 0 Å². The molecule has 0 aromatic heterocycles. The molecule has 6 heteroatoms. The number of alkyl halides is 1. The van der Waals surface area contributed by atoms with Crippen LogP contribution in [-0.2, 0) is 10.0 Å². The van der Waals surface area contributed by atoms with Crippen LogP contribution >= 0.6 is 15.9 Å². The van der Waals surface area contributed by atoms with Gasteiger partial charge in [-0.25, -0.2) is 12.7 Å². The first-order chi connectivity index (χ1) is 8.08. The molecule has 0 rings (SSSR count). The zero-order valence-electron chi connectivity index (χ0n) is 10.6. The molecule has 1 N–H and O–H groups in total. The molecule has 17 heavy (non-hydrogen) atoms. The lowest BCUT2D eigenvalue weighted by Gasteiger charge is -2.20. The second-order valence-electron chi connectivity index (χ2n) is 4.11. The molecule has 4 nitrogen and oxygen atoms in total. The van der Waals surface area contributed by atoms with Gasteiger partial charge in [0.1, 0.15) is 4.66 Å². The lowest BCUT2D eigenvalue weighted by atomic mass is 10.1. The van der Waals surface area contributed by atoms with Crippen molar-refractivity contribution in [3.05, 3.63) is 0 Å². The molecule has 0 aliphatic rings. The van der Waals surface area contributed by atoms with Crippen LogP contribution in [0.1, 0.15) is 45.4 Å². The maximum Gasteiger partial charge on any atom is 0.224 e. The molecule has 0 amide bonds. The van der Waals surface area contributed by atoms with Gasteiger partial charge < -0.3 is 5.11 Å². The zero-order chi connectivity index (χ0) is 13.1. The van der Waals surface area contributed by atoms with Gasteiger partial charge in [0.05, 0.1) is 0 Å². The Bertz CT molecular complexity index is 270. The number of aliphatic hydroxyl groups excluding tert-OH is 1. The number of sulfonamides is 1. The Morgan fingerprint density at radius 1 is 1.06 bits per heavy atom. The smallest absolute Gasteiger partial charge is 0.224 e. The van der Waals surface area contributed by atoms with Gasteiger partial charge in [0, 0.05) is 19.7 Å². The molecule has 0 aliphatic carbocycles. The van der Waals surface area contributed by atoms with Gasteiger partial charge in [-0.1, -0.05) is 48.5 Å². The summed E-state index contributed by atoms with van der Waals surface area (Å²) in [5.74, 6) is 0. The summed E-state index contributed by atoms with van der Waals surface area (Å²) >= 11 is 3.01. The Hall–Kier alpha value is 0.350.